The van der Waals surface area contributed by atoms with E-state index in [-0.39, 0.29) is 0 Å². The predicted octanol–water partition coefficient (Wildman–Crippen LogP) is 1.28. The highest BCUT2D eigenvalue weighted by molar-refractivity contribution is 4.86. The molecule has 0 aliphatic rings. The fourth-order valence-corrected chi connectivity index (χ4v) is 0.345. The van der Waals surface area contributed by atoms with Gasteiger partial charge in [0.25, 0.3) is 0 Å². The molecule has 0 aliphatic carbocycles. The average Bonchev–Trinajstić information content (AvgIpc) is 1.83. The van der Waals surface area contributed by atoms with Gasteiger partial charge in [0.05, 0.1) is 0 Å². The van der Waals surface area contributed by atoms with Crippen LogP contribution in [0, 0.1) is 0 Å². The zero-order valence-corrected chi connectivity index (χ0v) is 4.97. The van der Waals surface area contributed by atoms with Gasteiger partial charge in [0.15, 0.2) is 0 Å². The van der Waals surface area contributed by atoms with Crippen LogP contribution in [-0.2, 0) is 0 Å². The largest absolute Gasteiger partial charge is 0.386 e. The van der Waals surface area contributed by atoms with Crippen molar-refractivity contribution in [1.29, 1.82) is 0 Å². The number of allylic oxidation sites excluding steroid dienone is 1. The van der Waals surface area contributed by atoms with Crippen molar-refractivity contribution in [2.75, 3.05) is 6.67 Å². The van der Waals surface area contributed by atoms with E-state index in [4.69, 9.17) is 5.11 Å². The number of aliphatic hydroxyl groups excluding tert-OH is 1. The number of aliphatic hydroxyl groups is 1. The van der Waals surface area contributed by atoms with Crippen molar-refractivity contribution in [3.8, 4) is 0 Å². The molecule has 0 radical (unpaired) electrons. The first-order valence-electron chi connectivity index (χ1n) is 2.72. The molecule has 0 spiro atoms. The van der Waals surface area contributed by atoms with Gasteiger partial charge in [0.2, 0.25) is 0 Å². The number of halogens is 1. The van der Waals surface area contributed by atoms with E-state index in [2.05, 4.69) is 0 Å². The molecule has 48 valence electrons. The summed E-state index contributed by atoms with van der Waals surface area (Å²) in [6.07, 6.45) is 3.15. The van der Waals surface area contributed by atoms with Crippen LogP contribution in [0.4, 0.5) is 4.39 Å². The second-order valence-electron chi connectivity index (χ2n) is 1.56. The molecule has 0 bridgehead atoms. The van der Waals surface area contributed by atoms with Crippen LogP contribution >= 0.6 is 0 Å². The van der Waals surface area contributed by atoms with Crippen LogP contribution in [0.15, 0.2) is 12.2 Å². The average molecular weight is 118 g/mol. The molecular weight excluding hydrogens is 107 g/mol. The van der Waals surface area contributed by atoms with Gasteiger partial charge in [-0.25, -0.2) is 4.39 Å². The maximum atomic E-state index is 11.4. The van der Waals surface area contributed by atoms with Crippen LogP contribution in [0.2, 0.25) is 0 Å². The Labute approximate surface area is 48.8 Å². The van der Waals surface area contributed by atoms with Gasteiger partial charge in [0, 0.05) is 0 Å². The fraction of sp³-hybridized carbons (Fsp3) is 0.667. The molecule has 0 amide bonds. The first kappa shape index (κ1) is 7.63. The van der Waals surface area contributed by atoms with Crippen molar-refractivity contribution < 1.29 is 9.50 Å². The van der Waals surface area contributed by atoms with Gasteiger partial charge in [-0.1, -0.05) is 19.1 Å². The molecular formula is C6H11FO. The Hall–Kier alpha value is -0.370. The summed E-state index contributed by atoms with van der Waals surface area (Å²) < 4.78 is 11.4. The fourth-order valence-electron chi connectivity index (χ4n) is 0.345. The lowest BCUT2D eigenvalue weighted by molar-refractivity contribution is 0.183. The summed E-state index contributed by atoms with van der Waals surface area (Å²) in [6.45, 7) is 1.25. The van der Waals surface area contributed by atoms with Gasteiger partial charge in [-0.05, 0) is 6.42 Å². The molecule has 1 atom stereocenters. The Morgan fingerprint density at radius 3 is 2.75 bits per heavy atom. The first-order chi connectivity index (χ1) is 3.81. The van der Waals surface area contributed by atoms with E-state index in [1.807, 2.05) is 6.92 Å². The Morgan fingerprint density at radius 2 is 2.38 bits per heavy atom. The van der Waals surface area contributed by atoms with Gasteiger partial charge in [-0.15, -0.1) is 0 Å². The minimum atomic E-state index is -0.894. The van der Waals surface area contributed by atoms with Crippen LogP contribution in [0.25, 0.3) is 0 Å². The highest BCUT2D eigenvalue weighted by Crippen LogP contribution is 1.87. The maximum absolute atomic E-state index is 11.4. The quantitative estimate of drug-likeness (QED) is 0.553. The second kappa shape index (κ2) is 4.78. The lowest BCUT2D eigenvalue weighted by Gasteiger charge is -1.93. The predicted molar refractivity (Wildman–Crippen MR) is 31.4 cm³/mol. The van der Waals surface area contributed by atoms with Crippen LogP contribution in [0.3, 0.4) is 0 Å². The SMILES string of the molecule is CC/C=C/C(O)CF. The van der Waals surface area contributed by atoms with Gasteiger partial charge in [0.1, 0.15) is 12.8 Å². The number of rotatable bonds is 3. The molecule has 0 rings (SSSR count). The van der Waals surface area contributed by atoms with Crippen molar-refractivity contribution in [2.45, 2.75) is 19.4 Å². The number of hydrogen-bond donors (Lipinski definition) is 1. The molecule has 0 aliphatic heterocycles. The lowest BCUT2D eigenvalue weighted by atomic mass is 10.3. The minimum absolute atomic E-state index is 0.684. The summed E-state index contributed by atoms with van der Waals surface area (Å²) in [5.74, 6) is 0. The zero-order valence-electron chi connectivity index (χ0n) is 4.97. The Balaban J connectivity index is 3.21. The highest BCUT2D eigenvalue weighted by atomic mass is 19.1. The van der Waals surface area contributed by atoms with E-state index in [1.54, 1.807) is 6.08 Å². The molecule has 1 nitrogen and oxygen atoms in total. The standard InChI is InChI=1S/C6H11FO/c1-2-3-4-6(8)5-7/h3-4,6,8H,2,5H2,1H3/b4-3+. The van der Waals surface area contributed by atoms with Crippen molar-refractivity contribution in [3.05, 3.63) is 12.2 Å². The third kappa shape index (κ3) is 3.81. The molecule has 0 aromatic heterocycles. The van der Waals surface area contributed by atoms with Crippen LogP contribution in [-0.4, -0.2) is 17.9 Å². The number of hydrogen-bond acceptors (Lipinski definition) is 1. The number of alkyl halides is 1. The summed E-state index contributed by atoms with van der Waals surface area (Å²) >= 11 is 0. The highest BCUT2D eigenvalue weighted by Gasteiger charge is 1.92. The van der Waals surface area contributed by atoms with E-state index < -0.39 is 12.8 Å². The maximum Gasteiger partial charge on any atom is 0.119 e. The van der Waals surface area contributed by atoms with Gasteiger partial charge < -0.3 is 5.11 Å². The molecule has 8 heavy (non-hydrogen) atoms. The zero-order chi connectivity index (χ0) is 6.41. The molecule has 0 aromatic carbocycles. The van der Waals surface area contributed by atoms with Crippen LogP contribution < -0.4 is 0 Å². The molecule has 2 heteroatoms. The molecule has 1 N–H and O–H groups in total. The minimum Gasteiger partial charge on any atom is -0.386 e. The van der Waals surface area contributed by atoms with E-state index in [1.165, 1.54) is 6.08 Å². The van der Waals surface area contributed by atoms with Crippen molar-refractivity contribution in [1.82, 2.24) is 0 Å². The third-order valence-corrected chi connectivity index (χ3v) is 0.752. The smallest absolute Gasteiger partial charge is 0.119 e. The summed E-state index contributed by atoms with van der Waals surface area (Å²) in [5.41, 5.74) is 0. The van der Waals surface area contributed by atoms with Crippen molar-refractivity contribution in [2.24, 2.45) is 0 Å². The van der Waals surface area contributed by atoms with Crippen molar-refractivity contribution >= 4 is 0 Å². The van der Waals surface area contributed by atoms with Gasteiger partial charge in [-0.3, -0.25) is 0 Å². The summed E-state index contributed by atoms with van der Waals surface area (Å²) in [5, 5.41) is 8.53. The Morgan fingerprint density at radius 1 is 1.75 bits per heavy atom. The first-order valence-corrected chi connectivity index (χ1v) is 2.72. The molecule has 0 saturated heterocycles. The van der Waals surface area contributed by atoms with E-state index in [0.29, 0.717) is 0 Å². The van der Waals surface area contributed by atoms with Gasteiger partial charge >= 0.3 is 0 Å². The molecule has 0 saturated carbocycles. The Bertz CT molecular complexity index is 70.9. The van der Waals surface area contributed by atoms with Gasteiger partial charge in [-0.2, -0.15) is 0 Å². The Kier molecular flexibility index (Phi) is 4.56. The third-order valence-electron chi connectivity index (χ3n) is 0.752. The van der Waals surface area contributed by atoms with E-state index in [0.717, 1.165) is 6.42 Å². The summed E-state index contributed by atoms with van der Waals surface area (Å²) in [4.78, 5) is 0. The monoisotopic (exact) mass is 118 g/mol. The lowest BCUT2D eigenvalue weighted by Crippen LogP contribution is -2.02. The van der Waals surface area contributed by atoms with Crippen LogP contribution in [0.1, 0.15) is 13.3 Å². The topological polar surface area (TPSA) is 20.2 Å². The van der Waals surface area contributed by atoms with Crippen LogP contribution in [0.5, 0.6) is 0 Å². The molecule has 0 fully saturated rings. The summed E-state index contributed by atoms with van der Waals surface area (Å²) in [7, 11) is 0. The molecule has 0 heterocycles. The van der Waals surface area contributed by atoms with Crippen molar-refractivity contribution in [3.63, 3.8) is 0 Å². The molecule has 1 unspecified atom stereocenters. The van der Waals surface area contributed by atoms with E-state index in [9.17, 15) is 4.39 Å². The summed E-state index contributed by atoms with van der Waals surface area (Å²) in [6, 6.07) is 0. The second-order valence-corrected chi connectivity index (χ2v) is 1.56. The van der Waals surface area contributed by atoms with E-state index >= 15 is 0 Å². The normalized spacial score (nSPS) is 14.9. The molecule has 0 aromatic rings.